The van der Waals surface area contributed by atoms with Crippen LogP contribution in [-0.2, 0) is 0 Å². The Kier molecular flexibility index (Phi) is 2.23. The molecule has 0 aromatic carbocycles. The second-order valence-corrected chi connectivity index (χ2v) is 4.11. The summed E-state index contributed by atoms with van der Waals surface area (Å²) in [6.07, 6.45) is 1.87. The van der Waals surface area contributed by atoms with E-state index in [-0.39, 0.29) is 0 Å². The van der Waals surface area contributed by atoms with Crippen molar-refractivity contribution >= 4 is 27.3 Å². The molecule has 0 radical (unpaired) electrons. The monoisotopic (exact) mass is 239 g/mol. The van der Waals surface area contributed by atoms with Crippen LogP contribution in [0.2, 0.25) is 0 Å². The van der Waals surface area contributed by atoms with E-state index in [2.05, 4.69) is 38.4 Å². The quantitative estimate of drug-likeness (QED) is 0.694. The first-order valence-corrected chi connectivity index (χ1v) is 5.19. The van der Waals surface area contributed by atoms with E-state index in [4.69, 9.17) is 0 Å². The maximum absolute atomic E-state index is 4.16. The Balaban J connectivity index is 2.43. The second kappa shape index (κ2) is 3.37. The summed E-state index contributed by atoms with van der Waals surface area (Å²) in [4.78, 5) is 5.42. The molecule has 0 aliphatic rings. The van der Waals surface area contributed by atoms with Crippen LogP contribution in [0.1, 0.15) is 0 Å². The summed E-state index contributed by atoms with van der Waals surface area (Å²) in [5.41, 5.74) is 1.17. The van der Waals surface area contributed by atoms with Gasteiger partial charge in [0.1, 0.15) is 4.60 Å². The lowest BCUT2D eigenvalue weighted by Gasteiger charge is -1.95. The molecule has 0 amide bonds. The van der Waals surface area contributed by atoms with Crippen molar-refractivity contribution in [3.8, 4) is 10.4 Å². The Labute approximate surface area is 83.2 Å². The average Bonchev–Trinajstić information content (AvgIpc) is 2.58. The minimum atomic E-state index is 0.878. The number of nitrogens with zero attached hydrogens (tertiary/aromatic N) is 1. The predicted octanol–water partition coefficient (Wildman–Crippen LogP) is 3.57. The van der Waals surface area contributed by atoms with Gasteiger partial charge in [-0.3, -0.25) is 0 Å². The molecular weight excluding hydrogens is 234 g/mol. The third kappa shape index (κ3) is 1.57. The van der Waals surface area contributed by atoms with Crippen LogP contribution in [0.15, 0.2) is 40.4 Å². The average molecular weight is 240 g/mol. The largest absolute Gasteiger partial charge is 0.249 e. The number of thiophene rings is 1. The normalized spacial score (nSPS) is 10.1. The van der Waals surface area contributed by atoms with E-state index in [1.165, 1.54) is 10.4 Å². The maximum Gasteiger partial charge on any atom is 0.106 e. The minimum absolute atomic E-state index is 0.878. The van der Waals surface area contributed by atoms with Crippen molar-refractivity contribution < 1.29 is 0 Å². The van der Waals surface area contributed by atoms with Crippen molar-refractivity contribution in [1.82, 2.24) is 4.98 Å². The van der Waals surface area contributed by atoms with Crippen molar-refractivity contribution in [1.29, 1.82) is 0 Å². The van der Waals surface area contributed by atoms with Crippen LogP contribution in [0.25, 0.3) is 10.4 Å². The number of aromatic nitrogens is 1. The van der Waals surface area contributed by atoms with E-state index in [9.17, 15) is 0 Å². The molecule has 0 saturated heterocycles. The minimum Gasteiger partial charge on any atom is -0.249 e. The van der Waals surface area contributed by atoms with E-state index in [1.54, 1.807) is 11.3 Å². The Morgan fingerprint density at radius 3 is 2.75 bits per heavy atom. The molecule has 0 atom stereocenters. The van der Waals surface area contributed by atoms with Crippen molar-refractivity contribution in [2.24, 2.45) is 0 Å². The molecule has 0 unspecified atom stereocenters. The molecule has 1 nitrogen and oxygen atoms in total. The highest BCUT2D eigenvalue weighted by atomic mass is 79.9. The molecule has 12 heavy (non-hydrogen) atoms. The molecule has 0 bridgehead atoms. The smallest absolute Gasteiger partial charge is 0.106 e. The molecule has 2 aromatic heterocycles. The van der Waals surface area contributed by atoms with E-state index >= 15 is 0 Å². The molecule has 2 heterocycles. The van der Waals surface area contributed by atoms with Gasteiger partial charge in [-0.1, -0.05) is 6.07 Å². The molecular formula is C9H6BrNS. The van der Waals surface area contributed by atoms with Gasteiger partial charge in [-0.05, 0) is 39.5 Å². The van der Waals surface area contributed by atoms with Gasteiger partial charge in [-0.2, -0.15) is 0 Å². The van der Waals surface area contributed by atoms with E-state index in [1.807, 2.05) is 18.3 Å². The van der Waals surface area contributed by atoms with Crippen molar-refractivity contribution in [2.75, 3.05) is 0 Å². The zero-order chi connectivity index (χ0) is 8.39. The summed E-state index contributed by atoms with van der Waals surface area (Å²) >= 11 is 5.03. The number of pyridine rings is 1. The molecule has 60 valence electrons. The Hall–Kier alpha value is -0.670. The summed E-state index contributed by atoms with van der Waals surface area (Å²) in [7, 11) is 0. The Bertz CT molecular complexity index is 353. The first-order valence-electron chi connectivity index (χ1n) is 3.52. The van der Waals surface area contributed by atoms with Crippen LogP contribution >= 0.6 is 27.3 Å². The Morgan fingerprint density at radius 2 is 2.17 bits per heavy atom. The number of halogens is 1. The van der Waals surface area contributed by atoms with E-state index < -0.39 is 0 Å². The van der Waals surface area contributed by atoms with Crippen LogP contribution in [0.4, 0.5) is 0 Å². The zero-order valence-corrected chi connectivity index (χ0v) is 8.60. The van der Waals surface area contributed by atoms with Gasteiger partial charge in [0.05, 0.1) is 0 Å². The first kappa shape index (κ1) is 7.95. The van der Waals surface area contributed by atoms with Gasteiger partial charge >= 0.3 is 0 Å². The first-order chi connectivity index (χ1) is 5.86. The third-order valence-corrected chi connectivity index (χ3v) is 2.92. The van der Waals surface area contributed by atoms with Crippen LogP contribution in [-0.4, -0.2) is 4.98 Å². The number of hydrogen-bond donors (Lipinski definition) is 0. The SMILES string of the molecule is Brc1ccc(-c2cccs2)cn1. The number of hydrogen-bond acceptors (Lipinski definition) is 2. The second-order valence-electron chi connectivity index (χ2n) is 2.35. The van der Waals surface area contributed by atoms with Crippen molar-refractivity contribution in [3.05, 3.63) is 40.4 Å². The molecule has 0 saturated carbocycles. The van der Waals surface area contributed by atoms with Gasteiger partial charge in [0.15, 0.2) is 0 Å². The molecule has 3 heteroatoms. The fourth-order valence-corrected chi connectivity index (χ4v) is 1.92. The lowest BCUT2D eigenvalue weighted by molar-refractivity contribution is 1.28. The summed E-state index contributed by atoms with van der Waals surface area (Å²) in [5.74, 6) is 0. The maximum atomic E-state index is 4.16. The highest BCUT2D eigenvalue weighted by Gasteiger charge is 1.97. The van der Waals surface area contributed by atoms with Crippen molar-refractivity contribution in [2.45, 2.75) is 0 Å². The van der Waals surface area contributed by atoms with Crippen LogP contribution in [0.5, 0.6) is 0 Å². The van der Waals surface area contributed by atoms with Gasteiger partial charge < -0.3 is 0 Å². The number of rotatable bonds is 1. The summed E-state index contributed by atoms with van der Waals surface area (Å²) in [6.45, 7) is 0. The van der Waals surface area contributed by atoms with Crippen LogP contribution < -0.4 is 0 Å². The third-order valence-electron chi connectivity index (χ3n) is 1.53. The molecule has 0 spiro atoms. The summed E-state index contributed by atoms with van der Waals surface area (Å²) in [6, 6.07) is 8.15. The van der Waals surface area contributed by atoms with Crippen molar-refractivity contribution in [3.63, 3.8) is 0 Å². The van der Waals surface area contributed by atoms with Gasteiger partial charge in [0, 0.05) is 16.6 Å². The zero-order valence-electron chi connectivity index (χ0n) is 6.20. The highest BCUT2D eigenvalue weighted by molar-refractivity contribution is 9.10. The highest BCUT2D eigenvalue weighted by Crippen LogP contribution is 2.24. The molecule has 0 aliphatic carbocycles. The topological polar surface area (TPSA) is 12.9 Å². The molecule has 2 aromatic rings. The van der Waals surface area contributed by atoms with Crippen LogP contribution in [0, 0.1) is 0 Å². The van der Waals surface area contributed by atoms with Gasteiger partial charge in [0.2, 0.25) is 0 Å². The van der Waals surface area contributed by atoms with Gasteiger partial charge in [0.25, 0.3) is 0 Å². The standard InChI is InChI=1S/C9H6BrNS/c10-9-4-3-7(6-11-9)8-2-1-5-12-8/h1-6H. The molecule has 0 aliphatic heterocycles. The molecule has 2 rings (SSSR count). The van der Waals surface area contributed by atoms with E-state index in [0.29, 0.717) is 0 Å². The fraction of sp³-hybridized carbons (Fsp3) is 0. The lowest BCUT2D eigenvalue weighted by atomic mass is 10.2. The summed E-state index contributed by atoms with van der Waals surface area (Å²) < 4.78 is 0.878. The van der Waals surface area contributed by atoms with Gasteiger partial charge in [-0.25, -0.2) is 4.98 Å². The Morgan fingerprint density at radius 1 is 1.25 bits per heavy atom. The fourth-order valence-electron chi connectivity index (χ4n) is 0.964. The predicted molar refractivity (Wildman–Crippen MR) is 55.3 cm³/mol. The molecule has 0 fully saturated rings. The van der Waals surface area contributed by atoms with E-state index in [0.717, 1.165) is 4.60 Å². The molecule has 0 N–H and O–H groups in total. The van der Waals surface area contributed by atoms with Gasteiger partial charge in [-0.15, -0.1) is 11.3 Å². The van der Waals surface area contributed by atoms with Crippen LogP contribution in [0.3, 0.4) is 0 Å². The lowest BCUT2D eigenvalue weighted by Crippen LogP contribution is -1.75. The summed E-state index contributed by atoms with van der Waals surface area (Å²) in [5, 5.41) is 2.07.